The molecule has 5 heteroatoms. The number of aromatic hydroxyl groups is 2. The molecule has 2 saturated carbocycles. The number of phenolic OH excluding ortho intramolecular Hbond substituents is 2. The molecule has 6 atom stereocenters. The molecule has 0 heterocycles. The summed E-state index contributed by atoms with van der Waals surface area (Å²) in [7, 11) is 0. The van der Waals surface area contributed by atoms with Gasteiger partial charge in [-0.1, -0.05) is 38.8 Å². The zero-order valence-electron chi connectivity index (χ0n) is 23.8. The Morgan fingerprint density at radius 3 is 1.51 bits per heavy atom. The number of hydrogen-bond donors (Lipinski definition) is 2. The molecule has 6 rings (SSSR count). The van der Waals surface area contributed by atoms with Gasteiger partial charge in [0.2, 0.25) is 0 Å². The van der Waals surface area contributed by atoms with E-state index in [1.807, 2.05) is 38.1 Å². The molecule has 0 radical (unpaired) electrons. The van der Waals surface area contributed by atoms with Crippen LogP contribution < -0.4 is 0 Å². The lowest BCUT2D eigenvalue weighted by atomic mass is 9.49. The molecule has 4 aliphatic rings. The van der Waals surface area contributed by atoms with Crippen LogP contribution in [0.2, 0.25) is 0 Å². The standard InChI is InChI=1S/C34H42O5/c1-31-15-5-17-33(3,27(31)13-9-21-7-11-23(35)19-25(21)31)29(37)39-30(38)34(4)18-6-16-32(2)26-20-24(36)12-8-22(26)10-14-28(32)34/h7-8,11-12,19-20,27-28,35-36H,5-6,9-10,13-18H2,1-4H3. The summed E-state index contributed by atoms with van der Waals surface area (Å²) < 4.78 is 5.97. The molecule has 4 aliphatic carbocycles. The van der Waals surface area contributed by atoms with E-state index in [0.717, 1.165) is 62.5 Å². The van der Waals surface area contributed by atoms with Gasteiger partial charge in [0, 0.05) is 0 Å². The topological polar surface area (TPSA) is 83.8 Å². The maximum atomic E-state index is 14.0. The fourth-order valence-corrected chi connectivity index (χ4v) is 9.70. The van der Waals surface area contributed by atoms with Gasteiger partial charge in [-0.2, -0.15) is 0 Å². The minimum absolute atomic E-state index is 0.0438. The number of carbonyl (C=O) groups is 2. The average molecular weight is 531 g/mol. The first kappa shape index (κ1) is 26.4. The lowest BCUT2D eigenvalue weighted by Crippen LogP contribution is -2.55. The number of benzene rings is 2. The van der Waals surface area contributed by atoms with Crippen LogP contribution in [0.1, 0.15) is 101 Å². The van der Waals surface area contributed by atoms with E-state index in [0.29, 0.717) is 12.8 Å². The van der Waals surface area contributed by atoms with E-state index in [-0.39, 0.29) is 46.1 Å². The number of phenols is 2. The van der Waals surface area contributed by atoms with E-state index in [2.05, 4.69) is 13.8 Å². The van der Waals surface area contributed by atoms with Crippen molar-refractivity contribution in [2.75, 3.05) is 0 Å². The van der Waals surface area contributed by atoms with Crippen LogP contribution in [0.3, 0.4) is 0 Å². The molecule has 0 saturated heterocycles. The first-order chi connectivity index (χ1) is 18.4. The zero-order chi connectivity index (χ0) is 27.8. The highest BCUT2D eigenvalue weighted by Crippen LogP contribution is 2.60. The largest absolute Gasteiger partial charge is 0.508 e. The van der Waals surface area contributed by atoms with Crippen molar-refractivity contribution in [3.8, 4) is 11.5 Å². The average Bonchev–Trinajstić information content (AvgIpc) is 2.89. The molecule has 0 spiro atoms. The second kappa shape index (κ2) is 8.84. The monoisotopic (exact) mass is 530 g/mol. The van der Waals surface area contributed by atoms with Gasteiger partial charge < -0.3 is 14.9 Å². The van der Waals surface area contributed by atoms with Crippen LogP contribution in [-0.2, 0) is 38.0 Å². The van der Waals surface area contributed by atoms with E-state index < -0.39 is 10.8 Å². The Labute approximate surface area is 232 Å². The molecule has 0 aliphatic heterocycles. The van der Waals surface area contributed by atoms with Gasteiger partial charge in [-0.05, 0) is 134 Å². The second-order valence-electron chi connectivity index (χ2n) is 13.9. The van der Waals surface area contributed by atoms with Crippen molar-refractivity contribution in [3.05, 3.63) is 58.7 Å². The molecule has 2 aromatic rings. The highest BCUT2D eigenvalue weighted by atomic mass is 16.6. The second-order valence-corrected chi connectivity index (χ2v) is 13.9. The summed E-state index contributed by atoms with van der Waals surface area (Å²) in [6.07, 6.45) is 8.52. The molecule has 208 valence electrons. The molecule has 0 bridgehead atoms. The molecule has 5 nitrogen and oxygen atoms in total. The minimum atomic E-state index is -0.759. The van der Waals surface area contributed by atoms with Gasteiger partial charge in [0.15, 0.2) is 0 Å². The predicted molar refractivity (Wildman–Crippen MR) is 150 cm³/mol. The molecule has 39 heavy (non-hydrogen) atoms. The van der Waals surface area contributed by atoms with Gasteiger partial charge in [-0.3, -0.25) is 9.59 Å². The molecule has 2 fully saturated rings. The highest BCUT2D eigenvalue weighted by Gasteiger charge is 2.59. The van der Waals surface area contributed by atoms with Crippen LogP contribution in [0.4, 0.5) is 0 Å². The van der Waals surface area contributed by atoms with E-state index in [1.54, 1.807) is 12.1 Å². The maximum Gasteiger partial charge on any atom is 0.319 e. The highest BCUT2D eigenvalue weighted by molar-refractivity contribution is 5.92. The van der Waals surface area contributed by atoms with Gasteiger partial charge in [0.1, 0.15) is 11.5 Å². The van der Waals surface area contributed by atoms with Crippen LogP contribution in [0, 0.1) is 22.7 Å². The minimum Gasteiger partial charge on any atom is -0.508 e. The number of fused-ring (bicyclic) bond motifs is 6. The normalized spacial score (nSPS) is 37.0. The van der Waals surface area contributed by atoms with Gasteiger partial charge in [0.25, 0.3) is 0 Å². The van der Waals surface area contributed by atoms with Crippen molar-refractivity contribution < 1.29 is 24.5 Å². The van der Waals surface area contributed by atoms with Crippen molar-refractivity contribution in [2.24, 2.45) is 22.7 Å². The molecule has 6 unspecified atom stereocenters. The van der Waals surface area contributed by atoms with Gasteiger partial charge >= 0.3 is 11.9 Å². The Kier molecular flexibility index (Phi) is 5.99. The van der Waals surface area contributed by atoms with E-state index in [4.69, 9.17) is 4.74 Å². The number of carbonyl (C=O) groups excluding carboxylic acids is 2. The molecular weight excluding hydrogens is 488 g/mol. The fraction of sp³-hybridized carbons (Fsp3) is 0.588. The van der Waals surface area contributed by atoms with Crippen LogP contribution >= 0.6 is 0 Å². The summed E-state index contributed by atoms with van der Waals surface area (Å²) in [6.45, 7) is 8.46. The first-order valence-electron chi connectivity index (χ1n) is 14.8. The number of hydrogen-bond acceptors (Lipinski definition) is 5. The number of esters is 2. The Morgan fingerprint density at radius 2 is 1.10 bits per heavy atom. The Balaban J connectivity index is 1.28. The zero-order valence-corrected chi connectivity index (χ0v) is 23.8. The van der Waals surface area contributed by atoms with Crippen LogP contribution in [-0.4, -0.2) is 22.2 Å². The molecule has 2 aromatic carbocycles. The van der Waals surface area contributed by atoms with Crippen LogP contribution in [0.15, 0.2) is 36.4 Å². The van der Waals surface area contributed by atoms with Gasteiger partial charge in [-0.15, -0.1) is 0 Å². The predicted octanol–water partition coefficient (Wildman–Crippen LogP) is 6.89. The van der Waals surface area contributed by atoms with Crippen LogP contribution in [0.5, 0.6) is 11.5 Å². The van der Waals surface area contributed by atoms with E-state index in [1.165, 1.54) is 11.1 Å². The van der Waals surface area contributed by atoms with Crippen molar-refractivity contribution in [2.45, 2.75) is 103 Å². The van der Waals surface area contributed by atoms with Gasteiger partial charge in [0.05, 0.1) is 10.8 Å². The van der Waals surface area contributed by atoms with Crippen molar-refractivity contribution >= 4 is 11.9 Å². The fourth-order valence-electron chi connectivity index (χ4n) is 9.70. The Morgan fingerprint density at radius 1 is 0.692 bits per heavy atom. The Bertz CT molecular complexity index is 1250. The molecule has 0 amide bonds. The summed E-state index contributed by atoms with van der Waals surface area (Å²) in [4.78, 5) is 28.1. The first-order valence-corrected chi connectivity index (χ1v) is 14.8. The van der Waals surface area contributed by atoms with Gasteiger partial charge in [-0.25, -0.2) is 0 Å². The molecular formula is C34H42O5. The number of aryl methyl sites for hydroxylation is 2. The number of rotatable bonds is 2. The van der Waals surface area contributed by atoms with E-state index >= 15 is 0 Å². The third-order valence-corrected chi connectivity index (χ3v) is 11.8. The lowest BCUT2D eigenvalue weighted by molar-refractivity contribution is -0.184. The number of ether oxygens (including phenoxy) is 1. The molecule has 0 aromatic heterocycles. The SMILES string of the molecule is CC1(C(=O)OC(=O)C2(C)CCCC3(C)c4cc(O)ccc4CCC23)CCCC2(C)c3cc(O)ccc3CCC12. The van der Waals surface area contributed by atoms with Crippen LogP contribution in [0.25, 0.3) is 0 Å². The third kappa shape index (κ3) is 3.78. The lowest BCUT2D eigenvalue weighted by Gasteiger charge is -2.55. The van der Waals surface area contributed by atoms with Crippen molar-refractivity contribution in [1.29, 1.82) is 0 Å². The third-order valence-electron chi connectivity index (χ3n) is 11.8. The summed E-state index contributed by atoms with van der Waals surface area (Å²) in [5.74, 6) is -0.152. The maximum absolute atomic E-state index is 14.0. The van der Waals surface area contributed by atoms with E-state index in [9.17, 15) is 19.8 Å². The summed E-state index contributed by atoms with van der Waals surface area (Å²) in [6, 6.07) is 11.3. The summed E-state index contributed by atoms with van der Waals surface area (Å²) in [5, 5.41) is 20.5. The molecule has 2 N–H and O–H groups in total. The smallest absolute Gasteiger partial charge is 0.319 e. The van der Waals surface area contributed by atoms with Crippen molar-refractivity contribution in [3.63, 3.8) is 0 Å². The summed E-state index contributed by atoms with van der Waals surface area (Å²) in [5.41, 5.74) is 2.77. The van der Waals surface area contributed by atoms with Crippen molar-refractivity contribution in [1.82, 2.24) is 0 Å². The quantitative estimate of drug-likeness (QED) is 0.326. The summed E-state index contributed by atoms with van der Waals surface area (Å²) >= 11 is 0. The Hall–Kier alpha value is -2.82.